The van der Waals surface area contributed by atoms with E-state index in [1.165, 1.54) is 0 Å². The molecular formula is C13H12N2O. The average molecular weight is 212 g/mol. The lowest BCUT2D eigenvalue weighted by molar-refractivity contribution is 0.103. The molecule has 0 bridgehead atoms. The highest BCUT2D eigenvalue weighted by Crippen LogP contribution is 2.14. The van der Waals surface area contributed by atoms with Crippen molar-refractivity contribution in [2.24, 2.45) is 0 Å². The summed E-state index contributed by atoms with van der Waals surface area (Å²) < 4.78 is 0. The van der Waals surface area contributed by atoms with Gasteiger partial charge in [-0.1, -0.05) is 0 Å². The standard InChI is InChI=1S/C13H12N2O/c1-9-5-7-14-8-12(9)13(16)11-4-3-6-15-10(11)2/h3-8H,1-2H3. The van der Waals surface area contributed by atoms with Gasteiger partial charge in [-0.25, -0.2) is 0 Å². The molecule has 2 heterocycles. The van der Waals surface area contributed by atoms with Crippen LogP contribution in [-0.4, -0.2) is 15.8 Å². The van der Waals surface area contributed by atoms with E-state index in [1.54, 1.807) is 30.7 Å². The second-order valence-electron chi connectivity index (χ2n) is 3.66. The van der Waals surface area contributed by atoms with E-state index in [-0.39, 0.29) is 5.78 Å². The van der Waals surface area contributed by atoms with Gasteiger partial charge in [-0.3, -0.25) is 14.8 Å². The van der Waals surface area contributed by atoms with Crippen LogP contribution in [0.4, 0.5) is 0 Å². The van der Waals surface area contributed by atoms with Crippen molar-refractivity contribution >= 4 is 5.78 Å². The van der Waals surface area contributed by atoms with E-state index in [4.69, 9.17) is 0 Å². The number of pyridine rings is 2. The van der Waals surface area contributed by atoms with Crippen molar-refractivity contribution in [1.82, 2.24) is 9.97 Å². The molecule has 2 rings (SSSR count). The summed E-state index contributed by atoms with van der Waals surface area (Å²) in [6.07, 6.45) is 4.97. The van der Waals surface area contributed by atoms with Crippen LogP contribution in [0.2, 0.25) is 0 Å². The van der Waals surface area contributed by atoms with Crippen LogP contribution >= 0.6 is 0 Å². The van der Waals surface area contributed by atoms with Gasteiger partial charge in [0, 0.05) is 35.4 Å². The molecule has 3 nitrogen and oxygen atoms in total. The first kappa shape index (κ1) is 10.5. The molecule has 0 spiro atoms. The van der Waals surface area contributed by atoms with Crippen molar-refractivity contribution in [2.45, 2.75) is 13.8 Å². The summed E-state index contributed by atoms with van der Waals surface area (Å²) in [7, 11) is 0. The fourth-order valence-electron chi connectivity index (χ4n) is 1.57. The van der Waals surface area contributed by atoms with Gasteiger partial charge in [-0.15, -0.1) is 0 Å². The summed E-state index contributed by atoms with van der Waals surface area (Å²) in [5.41, 5.74) is 2.95. The maximum atomic E-state index is 12.2. The van der Waals surface area contributed by atoms with Gasteiger partial charge in [-0.2, -0.15) is 0 Å². The molecule has 2 aromatic rings. The van der Waals surface area contributed by atoms with Gasteiger partial charge in [-0.05, 0) is 37.6 Å². The van der Waals surface area contributed by atoms with E-state index < -0.39 is 0 Å². The van der Waals surface area contributed by atoms with Crippen molar-refractivity contribution in [3.63, 3.8) is 0 Å². The minimum atomic E-state index is -0.0174. The number of carbonyl (C=O) groups is 1. The van der Waals surface area contributed by atoms with Crippen molar-refractivity contribution in [3.05, 3.63) is 59.2 Å². The van der Waals surface area contributed by atoms with Gasteiger partial charge in [0.1, 0.15) is 0 Å². The van der Waals surface area contributed by atoms with E-state index in [0.29, 0.717) is 11.1 Å². The zero-order chi connectivity index (χ0) is 11.5. The fourth-order valence-corrected chi connectivity index (χ4v) is 1.57. The van der Waals surface area contributed by atoms with Crippen LogP contribution in [0.3, 0.4) is 0 Å². The monoisotopic (exact) mass is 212 g/mol. The number of carbonyl (C=O) groups excluding carboxylic acids is 1. The van der Waals surface area contributed by atoms with Crippen molar-refractivity contribution < 1.29 is 4.79 Å². The number of ketones is 1. The zero-order valence-electron chi connectivity index (χ0n) is 9.27. The Morgan fingerprint density at radius 2 is 1.94 bits per heavy atom. The molecule has 16 heavy (non-hydrogen) atoms. The first-order valence-electron chi connectivity index (χ1n) is 5.07. The quantitative estimate of drug-likeness (QED) is 0.717. The molecule has 0 aromatic carbocycles. The van der Waals surface area contributed by atoms with Crippen LogP contribution in [0.5, 0.6) is 0 Å². The summed E-state index contributed by atoms with van der Waals surface area (Å²) >= 11 is 0. The van der Waals surface area contributed by atoms with Gasteiger partial charge in [0.2, 0.25) is 0 Å². The molecule has 2 aromatic heterocycles. The minimum absolute atomic E-state index is 0.0174. The second-order valence-corrected chi connectivity index (χ2v) is 3.66. The van der Waals surface area contributed by atoms with Crippen LogP contribution in [0, 0.1) is 13.8 Å². The van der Waals surface area contributed by atoms with Gasteiger partial charge >= 0.3 is 0 Å². The van der Waals surface area contributed by atoms with Crippen LogP contribution in [0.1, 0.15) is 27.2 Å². The highest BCUT2D eigenvalue weighted by atomic mass is 16.1. The first-order valence-corrected chi connectivity index (χ1v) is 5.07. The van der Waals surface area contributed by atoms with E-state index in [9.17, 15) is 4.79 Å². The largest absolute Gasteiger partial charge is 0.288 e. The Balaban J connectivity index is 2.48. The molecule has 0 saturated heterocycles. The summed E-state index contributed by atoms with van der Waals surface area (Å²) in [4.78, 5) is 20.3. The normalized spacial score (nSPS) is 10.1. The summed E-state index contributed by atoms with van der Waals surface area (Å²) in [5, 5.41) is 0. The molecular weight excluding hydrogens is 200 g/mol. The summed E-state index contributed by atoms with van der Waals surface area (Å²) in [5.74, 6) is -0.0174. The molecule has 0 radical (unpaired) electrons. The van der Waals surface area contributed by atoms with Crippen LogP contribution < -0.4 is 0 Å². The number of nitrogens with zero attached hydrogens (tertiary/aromatic N) is 2. The Bertz CT molecular complexity index is 487. The highest BCUT2D eigenvalue weighted by Gasteiger charge is 2.13. The molecule has 80 valence electrons. The predicted octanol–water partition coefficient (Wildman–Crippen LogP) is 2.32. The minimum Gasteiger partial charge on any atom is -0.288 e. The Kier molecular flexibility index (Phi) is 2.77. The maximum Gasteiger partial charge on any atom is 0.196 e. The van der Waals surface area contributed by atoms with Crippen molar-refractivity contribution in [3.8, 4) is 0 Å². The Morgan fingerprint density at radius 3 is 2.62 bits per heavy atom. The number of hydrogen-bond acceptors (Lipinski definition) is 3. The van der Waals surface area contributed by atoms with E-state index in [0.717, 1.165) is 11.3 Å². The maximum absolute atomic E-state index is 12.2. The van der Waals surface area contributed by atoms with Crippen LogP contribution in [0.25, 0.3) is 0 Å². The van der Waals surface area contributed by atoms with Gasteiger partial charge < -0.3 is 0 Å². The predicted molar refractivity (Wildman–Crippen MR) is 61.4 cm³/mol. The highest BCUT2D eigenvalue weighted by molar-refractivity contribution is 6.10. The zero-order valence-corrected chi connectivity index (χ0v) is 9.27. The smallest absolute Gasteiger partial charge is 0.196 e. The van der Waals surface area contributed by atoms with Gasteiger partial charge in [0.25, 0.3) is 0 Å². The third-order valence-electron chi connectivity index (χ3n) is 2.54. The average Bonchev–Trinajstić information content (AvgIpc) is 2.29. The Labute approximate surface area is 94.2 Å². The SMILES string of the molecule is Cc1ccncc1C(=O)c1cccnc1C. The van der Waals surface area contributed by atoms with E-state index in [2.05, 4.69) is 9.97 Å². The topological polar surface area (TPSA) is 42.9 Å². The lowest BCUT2D eigenvalue weighted by Crippen LogP contribution is -2.07. The molecule has 0 N–H and O–H groups in total. The van der Waals surface area contributed by atoms with Crippen molar-refractivity contribution in [2.75, 3.05) is 0 Å². The number of hydrogen-bond donors (Lipinski definition) is 0. The Morgan fingerprint density at radius 1 is 1.12 bits per heavy atom. The molecule has 0 aliphatic carbocycles. The molecule has 0 atom stereocenters. The number of rotatable bonds is 2. The van der Waals surface area contributed by atoms with Crippen LogP contribution in [0.15, 0.2) is 36.8 Å². The molecule has 0 aliphatic heterocycles. The third-order valence-corrected chi connectivity index (χ3v) is 2.54. The lowest BCUT2D eigenvalue weighted by atomic mass is 10.0. The number of aromatic nitrogens is 2. The molecule has 0 amide bonds. The second kappa shape index (κ2) is 4.23. The fraction of sp³-hybridized carbons (Fsp3) is 0.154. The first-order chi connectivity index (χ1) is 7.70. The molecule has 3 heteroatoms. The summed E-state index contributed by atoms with van der Waals surface area (Å²) in [6.45, 7) is 3.74. The van der Waals surface area contributed by atoms with E-state index >= 15 is 0 Å². The summed E-state index contributed by atoms with van der Waals surface area (Å²) in [6, 6.07) is 5.39. The molecule has 0 saturated carbocycles. The molecule has 0 aliphatic rings. The Hall–Kier alpha value is -2.03. The molecule has 0 unspecified atom stereocenters. The molecule has 0 fully saturated rings. The van der Waals surface area contributed by atoms with Crippen molar-refractivity contribution in [1.29, 1.82) is 0 Å². The number of aryl methyl sites for hydroxylation is 2. The van der Waals surface area contributed by atoms with E-state index in [1.807, 2.05) is 19.9 Å². The lowest BCUT2D eigenvalue weighted by Gasteiger charge is -2.05. The third kappa shape index (κ3) is 1.84. The van der Waals surface area contributed by atoms with Crippen LogP contribution in [-0.2, 0) is 0 Å². The van der Waals surface area contributed by atoms with Gasteiger partial charge in [0.15, 0.2) is 5.78 Å². The van der Waals surface area contributed by atoms with Gasteiger partial charge in [0.05, 0.1) is 0 Å².